The minimum atomic E-state index is -0.926. The first-order valence-corrected chi connectivity index (χ1v) is 7.44. The predicted octanol–water partition coefficient (Wildman–Crippen LogP) is 2.92. The van der Waals surface area contributed by atoms with Crippen LogP contribution in [-0.2, 0) is 4.79 Å². The molecular weight excluding hydrogens is 266 g/mol. The number of aliphatic carboxylic acids is 1. The molecule has 4 heteroatoms. The van der Waals surface area contributed by atoms with Crippen LogP contribution >= 0.6 is 0 Å². The molecular formula is C17H25NO3. The molecule has 0 amide bonds. The van der Waals surface area contributed by atoms with Gasteiger partial charge in [-0.3, -0.25) is 9.59 Å². The number of benzene rings is 1. The summed E-state index contributed by atoms with van der Waals surface area (Å²) in [5.74, 6) is -1.49. The Balaban J connectivity index is 3.01. The first kappa shape index (κ1) is 17.4. The molecule has 116 valence electrons. The summed E-state index contributed by atoms with van der Waals surface area (Å²) >= 11 is 0. The van der Waals surface area contributed by atoms with Crippen molar-refractivity contribution in [2.45, 2.75) is 34.1 Å². The van der Waals surface area contributed by atoms with Crippen LogP contribution in [0.5, 0.6) is 0 Å². The maximum atomic E-state index is 12.7. The van der Waals surface area contributed by atoms with Gasteiger partial charge in [-0.25, -0.2) is 0 Å². The van der Waals surface area contributed by atoms with Gasteiger partial charge in [-0.15, -0.1) is 0 Å². The summed E-state index contributed by atoms with van der Waals surface area (Å²) in [6, 6.07) is 5.67. The second-order valence-corrected chi connectivity index (χ2v) is 5.46. The zero-order chi connectivity index (χ0) is 16.0. The molecule has 0 aliphatic rings. The van der Waals surface area contributed by atoms with E-state index >= 15 is 0 Å². The van der Waals surface area contributed by atoms with Gasteiger partial charge in [-0.2, -0.15) is 0 Å². The van der Waals surface area contributed by atoms with E-state index in [0.29, 0.717) is 12.1 Å². The number of Topliss-reactive ketones (excluding diaryl/α,β-unsaturated/α-hetero) is 1. The van der Waals surface area contributed by atoms with Gasteiger partial charge in [0.25, 0.3) is 0 Å². The van der Waals surface area contributed by atoms with Crippen molar-refractivity contribution in [3.05, 3.63) is 34.9 Å². The first-order chi connectivity index (χ1) is 9.88. The lowest BCUT2D eigenvalue weighted by molar-refractivity contribution is -0.137. The SMILES string of the molecule is CCN(CC)CC(CC(=O)O)C(=O)c1ccc(C)cc1C. The van der Waals surface area contributed by atoms with E-state index in [1.807, 2.05) is 45.9 Å². The number of nitrogens with zero attached hydrogens (tertiary/aromatic N) is 1. The van der Waals surface area contributed by atoms with Crippen LogP contribution in [0, 0.1) is 19.8 Å². The number of hydrogen-bond acceptors (Lipinski definition) is 3. The maximum absolute atomic E-state index is 12.7. The molecule has 0 saturated heterocycles. The van der Waals surface area contributed by atoms with Crippen molar-refractivity contribution < 1.29 is 14.7 Å². The molecule has 0 aliphatic carbocycles. The Bertz CT molecular complexity index is 507. The average molecular weight is 291 g/mol. The zero-order valence-electron chi connectivity index (χ0n) is 13.3. The van der Waals surface area contributed by atoms with E-state index in [9.17, 15) is 9.59 Å². The fourth-order valence-corrected chi connectivity index (χ4v) is 2.55. The monoisotopic (exact) mass is 291 g/mol. The molecule has 1 rings (SSSR count). The van der Waals surface area contributed by atoms with Crippen LogP contribution in [0.15, 0.2) is 18.2 Å². The van der Waals surface area contributed by atoms with Gasteiger partial charge in [0.1, 0.15) is 0 Å². The number of carbonyl (C=O) groups excluding carboxylic acids is 1. The van der Waals surface area contributed by atoms with E-state index in [4.69, 9.17) is 5.11 Å². The Morgan fingerprint density at radius 3 is 2.29 bits per heavy atom. The molecule has 0 fully saturated rings. The third kappa shape index (κ3) is 4.97. The largest absolute Gasteiger partial charge is 0.481 e. The van der Waals surface area contributed by atoms with E-state index in [1.54, 1.807) is 0 Å². The predicted molar refractivity (Wildman–Crippen MR) is 83.8 cm³/mol. The molecule has 1 unspecified atom stereocenters. The summed E-state index contributed by atoms with van der Waals surface area (Å²) in [7, 11) is 0. The number of carboxylic acid groups (broad SMARTS) is 1. The lowest BCUT2D eigenvalue weighted by Gasteiger charge is -2.24. The summed E-state index contributed by atoms with van der Waals surface area (Å²) in [6.07, 6.45) is -0.122. The lowest BCUT2D eigenvalue weighted by Crippen LogP contribution is -2.34. The summed E-state index contributed by atoms with van der Waals surface area (Å²) in [5, 5.41) is 9.08. The molecule has 0 spiro atoms. The van der Waals surface area contributed by atoms with Crippen molar-refractivity contribution in [1.82, 2.24) is 4.90 Å². The van der Waals surface area contributed by atoms with Crippen molar-refractivity contribution in [2.75, 3.05) is 19.6 Å². The van der Waals surface area contributed by atoms with Crippen molar-refractivity contribution in [2.24, 2.45) is 5.92 Å². The number of carboxylic acids is 1. The molecule has 0 aliphatic heterocycles. The summed E-state index contributed by atoms with van der Waals surface area (Å²) in [4.78, 5) is 25.9. The average Bonchev–Trinajstić information content (AvgIpc) is 2.42. The van der Waals surface area contributed by atoms with Crippen LogP contribution in [0.1, 0.15) is 41.8 Å². The molecule has 1 aromatic carbocycles. The van der Waals surface area contributed by atoms with Gasteiger partial charge in [0.05, 0.1) is 6.42 Å². The third-order valence-electron chi connectivity index (χ3n) is 3.81. The normalized spacial score (nSPS) is 12.4. The van der Waals surface area contributed by atoms with Gasteiger partial charge >= 0.3 is 5.97 Å². The Labute approximate surface area is 126 Å². The molecule has 1 aromatic rings. The summed E-state index contributed by atoms with van der Waals surface area (Å²) < 4.78 is 0. The van der Waals surface area contributed by atoms with Crippen molar-refractivity contribution in [1.29, 1.82) is 0 Å². The number of rotatable bonds is 8. The van der Waals surface area contributed by atoms with Crippen LogP contribution in [0.3, 0.4) is 0 Å². The van der Waals surface area contributed by atoms with Crippen LogP contribution in [-0.4, -0.2) is 41.4 Å². The van der Waals surface area contributed by atoms with Crippen LogP contribution < -0.4 is 0 Å². The van der Waals surface area contributed by atoms with E-state index in [-0.39, 0.29) is 12.2 Å². The van der Waals surface area contributed by atoms with Gasteiger partial charge < -0.3 is 10.0 Å². The second kappa shape index (κ2) is 7.93. The van der Waals surface area contributed by atoms with Gasteiger partial charge in [-0.05, 0) is 32.5 Å². The topological polar surface area (TPSA) is 57.6 Å². The number of hydrogen-bond donors (Lipinski definition) is 1. The van der Waals surface area contributed by atoms with Crippen molar-refractivity contribution in [3.63, 3.8) is 0 Å². The minimum Gasteiger partial charge on any atom is -0.481 e. The molecule has 21 heavy (non-hydrogen) atoms. The maximum Gasteiger partial charge on any atom is 0.304 e. The third-order valence-corrected chi connectivity index (χ3v) is 3.81. The van der Waals surface area contributed by atoms with E-state index < -0.39 is 11.9 Å². The quantitative estimate of drug-likeness (QED) is 0.748. The highest BCUT2D eigenvalue weighted by Gasteiger charge is 2.25. The zero-order valence-corrected chi connectivity index (χ0v) is 13.3. The highest BCUT2D eigenvalue weighted by molar-refractivity contribution is 6.00. The van der Waals surface area contributed by atoms with E-state index in [1.165, 1.54) is 0 Å². The Kier molecular flexibility index (Phi) is 6.56. The fourth-order valence-electron chi connectivity index (χ4n) is 2.55. The molecule has 0 heterocycles. The fraction of sp³-hybridized carbons (Fsp3) is 0.529. The molecule has 0 bridgehead atoms. The molecule has 4 nitrogen and oxygen atoms in total. The molecule has 1 atom stereocenters. The van der Waals surface area contributed by atoms with Crippen molar-refractivity contribution >= 4 is 11.8 Å². The molecule has 0 saturated carbocycles. The molecule has 1 N–H and O–H groups in total. The highest BCUT2D eigenvalue weighted by atomic mass is 16.4. The number of carbonyl (C=O) groups is 2. The summed E-state index contributed by atoms with van der Waals surface area (Å²) in [6.45, 7) is 10.0. The Morgan fingerprint density at radius 1 is 1.19 bits per heavy atom. The smallest absolute Gasteiger partial charge is 0.304 e. The van der Waals surface area contributed by atoms with Crippen LogP contribution in [0.25, 0.3) is 0 Å². The summed E-state index contributed by atoms with van der Waals surface area (Å²) in [5.41, 5.74) is 2.65. The van der Waals surface area contributed by atoms with Crippen molar-refractivity contribution in [3.8, 4) is 0 Å². The molecule has 0 aromatic heterocycles. The standard InChI is InChI=1S/C17H25NO3/c1-5-18(6-2)11-14(10-16(19)20)17(21)15-8-7-12(3)9-13(15)4/h7-9,14H,5-6,10-11H2,1-4H3,(H,19,20). The van der Waals surface area contributed by atoms with Gasteiger partial charge in [0.15, 0.2) is 5.78 Å². The highest BCUT2D eigenvalue weighted by Crippen LogP contribution is 2.19. The first-order valence-electron chi connectivity index (χ1n) is 7.44. The Hall–Kier alpha value is -1.68. The number of aryl methyl sites for hydroxylation is 2. The second-order valence-electron chi connectivity index (χ2n) is 5.46. The van der Waals surface area contributed by atoms with Gasteiger partial charge in [0, 0.05) is 18.0 Å². The minimum absolute atomic E-state index is 0.0678. The molecule has 0 radical (unpaired) electrons. The van der Waals surface area contributed by atoms with E-state index in [0.717, 1.165) is 24.2 Å². The van der Waals surface area contributed by atoms with E-state index in [2.05, 4.69) is 4.90 Å². The van der Waals surface area contributed by atoms with Gasteiger partial charge in [0.2, 0.25) is 0 Å². The van der Waals surface area contributed by atoms with Gasteiger partial charge in [-0.1, -0.05) is 37.6 Å². The number of ketones is 1. The van der Waals surface area contributed by atoms with Crippen LogP contribution in [0.4, 0.5) is 0 Å². The Morgan fingerprint density at radius 2 is 1.81 bits per heavy atom. The lowest BCUT2D eigenvalue weighted by atomic mass is 9.91. The van der Waals surface area contributed by atoms with Crippen LogP contribution in [0.2, 0.25) is 0 Å².